The SMILES string of the molecule is O=C(O)CCCN1C(=O)/C(=C\c2cnn(-c3ccccc3)c2)SC1=S. The Morgan fingerprint density at radius 3 is 2.80 bits per heavy atom. The zero-order valence-corrected chi connectivity index (χ0v) is 14.8. The molecular weight excluding hydrogens is 358 g/mol. The van der Waals surface area contributed by atoms with Crippen LogP contribution in [0.1, 0.15) is 18.4 Å². The molecule has 8 heteroatoms. The van der Waals surface area contributed by atoms with Crippen LogP contribution in [0, 0.1) is 0 Å². The van der Waals surface area contributed by atoms with E-state index in [-0.39, 0.29) is 12.3 Å². The molecule has 1 aromatic heterocycles. The highest BCUT2D eigenvalue weighted by Crippen LogP contribution is 2.32. The number of amides is 1. The maximum Gasteiger partial charge on any atom is 0.303 e. The van der Waals surface area contributed by atoms with Crippen molar-refractivity contribution in [3.8, 4) is 5.69 Å². The van der Waals surface area contributed by atoms with Gasteiger partial charge in [-0.25, -0.2) is 4.68 Å². The minimum absolute atomic E-state index is 0.0138. The number of hydrogen-bond donors (Lipinski definition) is 1. The second-order valence-corrected chi connectivity index (χ2v) is 7.06. The van der Waals surface area contributed by atoms with Gasteiger partial charge in [0.1, 0.15) is 4.32 Å². The van der Waals surface area contributed by atoms with Gasteiger partial charge in [-0.3, -0.25) is 14.5 Å². The molecule has 0 atom stereocenters. The number of aliphatic carboxylic acids is 1. The van der Waals surface area contributed by atoms with Crippen LogP contribution in [0.2, 0.25) is 0 Å². The minimum atomic E-state index is -0.880. The molecule has 1 saturated heterocycles. The fourth-order valence-electron chi connectivity index (χ4n) is 2.37. The van der Waals surface area contributed by atoms with Gasteiger partial charge in [0.25, 0.3) is 5.91 Å². The largest absolute Gasteiger partial charge is 0.481 e. The Kier molecular flexibility index (Phi) is 5.30. The summed E-state index contributed by atoms with van der Waals surface area (Å²) in [7, 11) is 0. The number of aromatic nitrogens is 2. The number of carboxylic acids is 1. The van der Waals surface area contributed by atoms with Gasteiger partial charge in [-0.05, 0) is 24.6 Å². The molecule has 1 aliphatic rings. The summed E-state index contributed by atoms with van der Waals surface area (Å²) in [5.74, 6) is -1.07. The zero-order chi connectivity index (χ0) is 17.8. The first-order valence-electron chi connectivity index (χ1n) is 7.62. The summed E-state index contributed by atoms with van der Waals surface area (Å²) in [5, 5.41) is 13.0. The highest BCUT2D eigenvalue weighted by atomic mass is 32.2. The Bertz CT molecular complexity index is 846. The fourth-order valence-corrected chi connectivity index (χ4v) is 3.67. The van der Waals surface area contributed by atoms with Gasteiger partial charge in [0.15, 0.2) is 0 Å². The monoisotopic (exact) mass is 373 g/mol. The van der Waals surface area contributed by atoms with Crippen molar-refractivity contribution >= 4 is 46.3 Å². The van der Waals surface area contributed by atoms with Crippen molar-refractivity contribution in [1.29, 1.82) is 0 Å². The molecule has 128 valence electrons. The highest BCUT2D eigenvalue weighted by Gasteiger charge is 2.31. The van der Waals surface area contributed by atoms with Crippen LogP contribution in [-0.2, 0) is 9.59 Å². The molecule has 1 aliphatic heterocycles. The van der Waals surface area contributed by atoms with Gasteiger partial charge in [0.05, 0.1) is 16.8 Å². The van der Waals surface area contributed by atoms with E-state index in [9.17, 15) is 9.59 Å². The third-order valence-corrected chi connectivity index (χ3v) is 4.94. The van der Waals surface area contributed by atoms with Crippen LogP contribution in [0.3, 0.4) is 0 Å². The van der Waals surface area contributed by atoms with E-state index in [4.69, 9.17) is 17.3 Å². The molecule has 0 aliphatic carbocycles. The molecule has 2 heterocycles. The van der Waals surface area contributed by atoms with Crippen LogP contribution >= 0.6 is 24.0 Å². The van der Waals surface area contributed by atoms with E-state index in [1.807, 2.05) is 36.5 Å². The molecule has 0 radical (unpaired) electrons. The first kappa shape index (κ1) is 17.4. The normalized spacial score (nSPS) is 16.0. The summed E-state index contributed by atoms with van der Waals surface area (Å²) in [5.41, 5.74) is 1.73. The van der Waals surface area contributed by atoms with E-state index in [2.05, 4.69) is 5.10 Å². The lowest BCUT2D eigenvalue weighted by atomic mass is 10.2. The number of thiocarbonyl (C=S) groups is 1. The van der Waals surface area contributed by atoms with Crippen molar-refractivity contribution in [3.63, 3.8) is 0 Å². The van der Waals surface area contributed by atoms with Crippen LogP contribution < -0.4 is 0 Å². The van der Waals surface area contributed by atoms with E-state index in [0.717, 1.165) is 11.3 Å². The van der Waals surface area contributed by atoms with Crippen LogP contribution in [0.4, 0.5) is 0 Å². The average molecular weight is 373 g/mol. The first-order chi connectivity index (χ1) is 12.0. The van der Waals surface area contributed by atoms with Gasteiger partial charge < -0.3 is 5.11 Å². The van der Waals surface area contributed by atoms with E-state index < -0.39 is 5.97 Å². The Hall–Kier alpha value is -2.45. The summed E-state index contributed by atoms with van der Waals surface area (Å²) in [6.07, 6.45) is 5.67. The van der Waals surface area contributed by atoms with Crippen LogP contribution in [-0.4, -0.2) is 42.5 Å². The molecular formula is C17H15N3O3S2. The number of nitrogens with zero attached hydrogens (tertiary/aromatic N) is 3. The van der Waals surface area contributed by atoms with Crippen molar-refractivity contribution < 1.29 is 14.7 Å². The Morgan fingerprint density at radius 1 is 1.32 bits per heavy atom. The molecule has 1 fully saturated rings. The van der Waals surface area contributed by atoms with Crippen LogP contribution in [0.25, 0.3) is 11.8 Å². The number of benzene rings is 1. The molecule has 1 aromatic carbocycles. The number of thioether (sulfide) groups is 1. The number of carbonyl (C=O) groups excluding carboxylic acids is 1. The molecule has 25 heavy (non-hydrogen) atoms. The van der Waals surface area contributed by atoms with Crippen molar-refractivity contribution in [2.75, 3.05) is 6.54 Å². The van der Waals surface area contributed by atoms with E-state index >= 15 is 0 Å². The molecule has 1 N–H and O–H groups in total. The lowest BCUT2D eigenvalue weighted by Crippen LogP contribution is -2.29. The van der Waals surface area contributed by atoms with Crippen molar-refractivity contribution in [1.82, 2.24) is 14.7 Å². The third-order valence-electron chi connectivity index (χ3n) is 3.57. The second-order valence-electron chi connectivity index (χ2n) is 5.38. The summed E-state index contributed by atoms with van der Waals surface area (Å²) >= 11 is 6.46. The maximum atomic E-state index is 12.4. The van der Waals surface area contributed by atoms with Crippen molar-refractivity contribution in [2.24, 2.45) is 0 Å². The number of hydrogen-bond acceptors (Lipinski definition) is 5. The molecule has 3 rings (SSSR count). The van der Waals surface area contributed by atoms with E-state index in [1.165, 1.54) is 16.7 Å². The lowest BCUT2D eigenvalue weighted by Gasteiger charge is -2.13. The van der Waals surface area contributed by atoms with Gasteiger partial charge >= 0.3 is 5.97 Å². The lowest BCUT2D eigenvalue weighted by molar-refractivity contribution is -0.137. The number of para-hydroxylation sites is 1. The number of carbonyl (C=O) groups is 2. The molecule has 6 nitrogen and oxygen atoms in total. The summed E-state index contributed by atoms with van der Waals surface area (Å²) in [6, 6.07) is 9.68. The topological polar surface area (TPSA) is 75.4 Å². The first-order valence-corrected chi connectivity index (χ1v) is 8.84. The van der Waals surface area contributed by atoms with Crippen molar-refractivity contribution in [3.05, 3.63) is 53.2 Å². The number of carboxylic acid groups (broad SMARTS) is 1. The van der Waals surface area contributed by atoms with Gasteiger partial charge in [-0.2, -0.15) is 5.10 Å². The predicted octanol–water partition coefficient (Wildman–Crippen LogP) is 2.94. The third kappa shape index (κ3) is 4.15. The van der Waals surface area contributed by atoms with Gasteiger partial charge in [0, 0.05) is 24.7 Å². The second kappa shape index (κ2) is 7.62. The molecule has 0 spiro atoms. The zero-order valence-electron chi connectivity index (χ0n) is 13.2. The smallest absolute Gasteiger partial charge is 0.303 e. The molecule has 0 saturated carbocycles. The molecule has 1 amide bonds. The molecule has 0 bridgehead atoms. The van der Waals surface area contributed by atoms with E-state index in [1.54, 1.807) is 17.0 Å². The predicted molar refractivity (Wildman–Crippen MR) is 100 cm³/mol. The van der Waals surface area contributed by atoms with Gasteiger partial charge in [0.2, 0.25) is 0 Å². The molecule has 0 unspecified atom stereocenters. The maximum absolute atomic E-state index is 12.4. The summed E-state index contributed by atoms with van der Waals surface area (Å²) < 4.78 is 2.19. The quantitative estimate of drug-likeness (QED) is 0.620. The highest BCUT2D eigenvalue weighted by molar-refractivity contribution is 8.26. The number of rotatable bonds is 6. The Balaban J connectivity index is 1.72. The summed E-state index contributed by atoms with van der Waals surface area (Å²) in [4.78, 5) is 25.0. The Labute approximate surface area is 154 Å². The van der Waals surface area contributed by atoms with E-state index in [0.29, 0.717) is 22.2 Å². The van der Waals surface area contributed by atoms with Crippen LogP contribution in [0.5, 0.6) is 0 Å². The standard InChI is InChI=1S/C17H15N3O3S2/c21-15(22)7-4-8-19-16(23)14(25-17(19)24)9-12-10-18-20(11-12)13-5-2-1-3-6-13/h1-3,5-6,9-11H,4,7-8H2,(H,21,22)/b14-9+. The summed E-state index contributed by atoms with van der Waals surface area (Å²) in [6.45, 7) is 0.317. The van der Waals surface area contributed by atoms with Gasteiger partial charge in [-0.1, -0.05) is 42.2 Å². The minimum Gasteiger partial charge on any atom is -0.481 e. The Morgan fingerprint density at radius 2 is 2.08 bits per heavy atom. The van der Waals surface area contributed by atoms with Crippen LogP contribution in [0.15, 0.2) is 47.6 Å². The average Bonchev–Trinajstić information content (AvgIpc) is 3.16. The van der Waals surface area contributed by atoms with Crippen molar-refractivity contribution in [2.45, 2.75) is 12.8 Å². The van der Waals surface area contributed by atoms with Gasteiger partial charge in [-0.15, -0.1) is 0 Å². The fraction of sp³-hybridized carbons (Fsp3) is 0.176. The molecule has 2 aromatic rings.